The number of carbonyl (C=O) groups is 1. The maximum absolute atomic E-state index is 12.7. The third-order valence-corrected chi connectivity index (χ3v) is 2.16. The fourth-order valence-electron chi connectivity index (χ4n) is 1.43. The Balaban J connectivity index is 3.56. The third-order valence-electron chi connectivity index (χ3n) is 2.16. The lowest BCUT2D eigenvalue weighted by Crippen LogP contribution is -2.17. The van der Waals surface area contributed by atoms with Crippen molar-refractivity contribution in [3.05, 3.63) is 28.6 Å². The first kappa shape index (κ1) is 15.8. The molecule has 0 atom stereocenters. The molecule has 0 aromatic carbocycles. The number of hydrogen-bond donors (Lipinski definition) is 0. The highest BCUT2D eigenvalue weighted by Gasteiger charge is 2.40. The third kappa shape index (κ3) is 3.20. The van der Waals surface area contributed by atoms with Crippen molar-refractivity contribution in [1.29, 1.82) is 5.26 Å². The van der Waals surface area contributed by atoms with Crippen LogP contribution in [0.3, 0.4) is 0 Å². The predicted molar refractivity (Wildman–Crippen MR) is 54.9 cm³/mol. The fraction of sp³-hybridized carbons (Fsp3) is 0.364. The average Bonchev–Trinajstić information content (AvgIpc) is 2.36. The maximum Gasteiger partial charge on any atom is 0.419 e. The van der Waals surface area contributed by atoms with E-state index in [1.54, 1.807) is 0 Å². The topological polar surface area (TPSA) is 63.0 Å². The van der Waals surface area contributed by atoms with Crippen LogP contribution in [-0.4, -0.2) is 17.6 Å². The van der Waals surface area contributed by atoms with Gasteiger partial charge in [-0.2, -0.15) is 18.4 Å². The Labute approximate surface area is 109 Å². The summed E-state index contributed by atoms with van der Waals surface area (Å²) in [5.41, 5.74) is -5.39. The molecule has 0 radical (unpaired) electrons. The summed E-state index contributed by atoms with van der Waals surface area (Å²) >= 11 is 0. The molecule has 1 aromatic rings. The van der Waals surface area contributed by atoms with Gasteiger partial charge < -0.3 is 4.74 Å². The van der Waals surface area contributed by atoms with Crippen LogP contribution in [0.25, 0.3) is 0 Å². The number of halogens is 5. The van der Waals surface area contributed by atoms with Gasteiger partial charge in [-0.1, -0.05) is 0 Å². The summed E-state index contributed by atoms with van der Waals surface area (Å²) < 4.78 is 68.0. The molecule has 0 unspecified atom stereocenters. The van der Waals surface area contributed by atoms with Crippen molar-refractivity contribution < 1.29 is 31.5 Å². The maximum atomic E-state index is 12.7. The number of esters is 1. The van der Waals surface area contributed by atoms with Crippen molar-refractivity contribution in [2.45, 2.75) is 19.5 Å². The largest absolute Gasteiger partial charge is 0.461 e. The average molecular weight is 294 g/mol. The van der Waals surface area contributed by atoms with Crippen LogP contribution in [0.15, 0.2) is 6.07 Å². The van der Waals surface area contributed by atoms with Gasteiger partial charge in [0.2, 0.25) is 0 Å². The number of nitriles is 1. The molecular formula is C11H7F5N2O2. The number of alkyl halides is 5. The van der Waals surface area contributed by atoms with E-state index in [0.717, 1.165) is 6.07 Å². The van der Waals surface area contributed by atoms with Crippen molar-refractivity contribution in [1.82, 2.24) is 4.98 Å². The van der Waals surface area contributed by atoms with Crippen LogP contribution in [0.2, 0.25) is 0 Å². The van der Waals surface area contributed by atoms with Gasteiger partial charge in [-0.25, -0.2) is 18.6 Å². The molecule has 108 valence electrons. The second-order valence-corrected chi connectivity index (χ2v) is 3.45. The Morgan fingerprint density at radius 3 is 2.50 bits per heavy atom. The number of pyridine rings is 1. The molecule has 0 saturated carbocycles. The molecule has 4 nitrogen and oxygen atoms in total. The second-order valence-electron chi connectivity index (χ2n) is 3.45. The molecular weight excluding hydrogens is 287 g/mol. The molecule has 9 heteroatoms. The van der Waals surface area contributed by atoms with Crippen LogP contribution in [0.4, 0.5) is 22.0 Å². The van der Waals surface area contributed by atoms with Gasteiger partial charge in [-0.05, 0) is 13.0 Å². The second kappa shape index (κ2) is 5.81. The lowest BCUT2D eigenvalue weighted by molar-refractivity contribution is -0.140. The molecule has 0 amide bonds. The van der Waals surface area contributed by atoms with E-state index < -0.39 is 41.1 Å². The zero-order valence-corrected chi connectivity index (χ0v) is 9.96. The van der Waals surface area contributed by atoms with Crippen molar-refractivity contribution in [2.75, 3.05) is 6.61 Å². The van der Waals surface area contributed by atoms with Crippen LogP contribution < -0.4 is 0 Å². The molecule has 0 spiro atoms. The molecule has 0 aliphatic rings. The van der Waals surface area contributed by atoms with Crippen molar-refractivity contribution in [3.63, 3.8) is 0 Å². The number of hydrogen-bond acceptors (Lipinski definition) is 4. The monoisotopic (exact) mass is 294 g/mol. The van der Waals surface area contributed by atoms with Crippen LogP contribution >= 0.6 is 0 Å². The number of nitrogens with zero attached hydrogens (tertiary/aromatic N) is 2. The fourth-order valence-corrected chi connectivity index (χ4v) is 1.43. The normalized spacial score (nSPS) is 11.3. The molecule has 0 fully saturated rings. The minimum absolute atomic E-state index is 0.118. The van der Waals surface area contributed by atoms with Gasteiger partial charge in [-0.3, -0.25) is 0 Å². The summed E-state index contributed by atoms with van der Waals surface area (Å²) in [6, 6.07) is 1.35. The van der Waals surface area contributed by atoms with Gasteiger partial charge in [0.05, 0.1) is 6.61 Å². The molecule has 0 aliphatic heterocycles. The van der Waals surface area contributed by atoms with Gasteiger partial charge in [0.25, 0.3) is 6.43 Å². The van der Waals surface area contributed by atoms with E-state index in [2.05, 4.69) is 9.72 Å². The van der Waals surface area contributed by atoms with Crippen molar-refractivity contribution in [3.8, 4) is 6.07 Å². The molecule has 1 aromatic heterocycles. The summed E-state index contributed by atoms with van der Waals surface area (Å²) in [6.07, 6.45) is -8.70. The van der Waals surface area contributed by atoms with Crippen LogP contribution in [0.1, 0.15) is 40.7 Å². The van der Waals surface area contributed by atoms with Crippen LogP contribution in [0.5, 0.6) is 0 Å². The smallest absolute Gasteiger partial charge is 0.419 e. The molecule has 20 heavy (non-hydrogen) atoms. The van der Waals surface area contributed by atoms with Gasteiger partial charge in [0, 0.05) is 5.56 Å². The predicted octanol–water partition coefficient (Wildman–Crippen LogP) is 3.09. The van der Waals surface area contributed by atoms with Crippen molar-refractivity contribution in [2.24, 2.45) is 0 Å². The van der Waals surface area contributed by atoms with Gasteiger partial charge in [-0.15, -0.1) is 0 Å². The van der Waals surface area contributed by atoms with Gasteiger partial charge in [0.1, 0.15) is 17.3 Å². The van der Waals surface area contributed by atoms with Gasteiger partial charge >= 0.3 is 12.1 Å². The highest BCUT2D eigenvalue weighted by Crippen LogP contribution is 2.38. The number of ether oxygens (including phenoxy) is 1. The number of rotatable bonds is 3. The highest BCUT2D eigenvalue weighted by molar-refractivity contribution is 5.87. The van der Waals surface area contributed by atoms with Gasteiger partial charge in [0.15, 0.2) is 5.69 Å². The van der Waals surface area contributed by atoms with E-state index >= 15 is 0 Å². The summed E-state index contributed by atoms with van der Waals surface area (Å²) in [5.74, 6) is -1.18. The molecule has 1 rings (SSSR count). The van der Waals surface area contributed by atoms with Crippen LogP contribution in [-0.2, 0) is 10.9 Å². The molecule has 0 saturated heterocycles. The molecule has 0 aliphatic carbocycles. The molecule has 0 bridgehead atoms. The first-order chi connectivity index (χ1) is 9.22. The van der Waals surface area contributed by atoms with E-state index in [0.29, 0.717) is 0 Å². The summed E-state index contributed by atoms with van der Waals surface area (Å²) in [5, 5.41) is 8.61. The zero-order valence-electron chi connectivity index (χ0n) is 9.96. The highest BCUT2D eigenvalue weighted by atomic mass is 19.4. The number of carbonyl (C=O) groups excluding carboxylic acids is 1. The molecule has 0 N–H and O–H groups in total. The van der Waals surface area contributed by atoms with E-state index in [4.69, 9.17) is 5.26 Å². The first-order valence-corrected chi connectivity index (χ1v) is 5.19. The van der Waals surface area contributed by atoms with E-state index in [-0.39, 0.29) is 12.7 Å². The van der Waals surface area contributed by atoms with Crippen molar-refractivity contribution >= 4 is 5.97 Å². The Kier molecular flexibility index (Phi) is 4.60. The van der Waals surface area contributed by atoms with E-state index in [1.807, 2.05) is 0 Å². The minimum Gasteiger partial charge on any atom is -0.461 e. The Morgan fingerprint density at radius 1 is 1.50 bits per heavy atom. The van der Waals surface area contributed by atoms with E-state index in [1.165, 1.54) is 6.92 Å². The lowest BCUT2D eigenvalue weighted by Gasteiger charge is -2.14. The summed E-state index contributed by atoms with van der Waals surface area (Å²) in [4.78, 5) is 14.5. The SMILES string of the molecule is CCOC(=O)c1cc(C(F)F)c(C(F)(F)F)c(C#N)n1. The lowest BCUT2D eigenvalue weighted by atomic mass is 10.0. The summed E-state index contributed by atoms with van der Waals surface area (Å²) in [7, 11) is 0. The zero-order chi connectivity index (χ0) is 15.5. The Hall–Kier alpha value is -2.24. The minimum atomic E-state index is -5.18. The number of aromatic nitrogens is 1. The standard InChI is InChI=1S/C11H7F5N2O2/c1-2-20-10(19)6-3-5(9(12)13)8(11(14,15)16)7(4-17)18-6/h3,9H,2H2,1H3. The quantitative estimate of drug-likeness (QED) is 0.635. The molecule has 1 heterocycles. The first-order valence-electron chi connectivity index (χ1n) is 5.19. The van der Waals surface area contributed by atoms with E-state index in [9.17, 15) is 26.7 Å². The van der Waals surface area contributed by atoms with Crippen LogP contribution in [0, 0.1) is 11.3 Å². The summed E-state index contributed by atoms with van der Waals surface area (Å²) in [6.45, 7) is 1.30. The Bertz CT molecular complexity index is 563. The Morgan fingerprint density at radius 2 is 2.10 bits per heavy atom.